The molecule has 8 nitrogen and oxygen atoms in total. The summed E-state index contributed by atoms with van der Waals surface area (Å²) in [5.41, 5.74) is 3.33. The van der Waals surface area contributed by atoms with Gasteiger partial charge in [-0.15, -0.1) is 0 Å². The average Bonchev–Trinajstić information content (AvgIpc) is 3.02. The number of benzene rings is 2. The van der Waals surface area contributed by atoms with Crippen molar-refractivity contribution in [1.82, 2.24) is 9.80 Å². The lowest BCUT2D eigenvalue weighted by Crippen LogP contribution is -2.41. The zero-order valence-electron chi connectivity index (χ0n) is 27.4. The molecule has 0 saturated carbocycles. The maximum absolute atomic E-state index is 12.7. The first-order chi connectivity index (χ1) is 22.4. The molecule has 0 bridgehead atoms. The number of piperidine rings is 2. The topological polar surface area (TPSA) is 112 Å². The highest BCUT2D eigenvalue weighted by Crippen LogP contribution is 2.27. The number of amides is 2. The van der Waals surface area contributed by atoms with Crippen molar-refractivity contribution in [3.63, 3.8) is 0 Å². The standard InChI is InChI=1S/C35H42N6O2S4/c1-22-9-23(2)17-40(16-22)34(44)46-20-32(42)38-30-7-5-26(12-28(30)14-36)11-27-6-8-31(29(13-27)15-37)39-33(43)21-47-35(45)41-18-24(3)10-25(4)19-41/h5-8,12-13,22-25H,9-11,16-21H2,1-4H3,(H,38,42)(H,39,43)/t22-,23+,24-,25+. The van der Waals surface area contributed by atoms with E-state index in [1.165, 1.54) is 36.4 Å². The molecule has 47 heavy (non-hydrogen) atoms. The number of nitrogens with zero attached hydrogens (tertiary/aromatic N) is 4. The molecule has 2 aliphatic rings. The van der Waals surface area contributed by atoms with Gasteiger partial charge in [-0.05, 0) is 78.3 Å². The summed E-state index contributed by atoms with van der Waals surface area (Å²) < 4.78 is 1.47. The molecule has 12 heteroatoms. The van der Waals surface area contributed by atoms with E-state index in [0.717, 1.165) is 45.9 Å². The second kappa shape index (κ2) is 17.3. The first kappa shape index (κ1) is 36.7. The molecule has 0 aliphatic carbocycles. The van der Waals surface area contributed by atoms with Crippen LogP contribution in [0.5, 0.6) is 0 Å². The normalized spacial score (nSPS) is 20.9. The van der Waals surface area contributed by atoms with E-state index >= 15 is 0 Å². The lowest BCUT2D eigenvalue weighted by atomic mass is 9.92. The highest BCUT2D eigenvalue weighted by molar-refractivity contribution is 8.23. The second-order valence-electron chi connectivity index (χ2n) is 13.1. The van der Waals surface area contributed by atoms with Crippen LogP contribution in [-0.4, -0.2) is 67.9 Å². The largest absolute Gasteiger partial charge is 0.357 e. The molecular weight excluding hydrogens is 665 g/mol. The highest BCUT2D eigenvalue weighted by Gasteiger charge is 2.25. The number of nitriles is 2. The first-order valence-corrected chi connectivity index (χ1v) is 18.7. The molecule has 2 aliphatic heterocycles. The number of thioether (sulfide) groups is 2. The van der Waals surface area contributed by atoms with Gasteiger partial charge in [0.15, 0.2) is 0 Å². The summed E-state index contributed by atoms with van der Waals surface area (Å²) in [5.74, 6) is 2.21. The van der Waals surface area contributed by atoms with Gasteiger partial charge >= 0.3 is 0 Å². The van der Waals surface area contributed by atoms with E-state index in [1.54, 1.807) is 24.3 Å². The summed E-state index contributed by atoms with van der Waals surface area (Å²) in [5, 5.41) is 25.3. The fourth-order valence-corrected chi connectivity index (χ4v) is 8.44. The molecule has 0 spiro atoms. The van der Waals surface area contributed by atoms with E-state index in [4.69, 9.17) is 24.4 Å². The highest BCUT2D eigenvalue weighted by atomic mass is 32.2. The van der Waals surface area contributed by atoms with Gasteiger partial charge in [0.2, 0.25) is 11.8 Å². The van der Waals surface area contributed by atoms with Gasteiger partial charge in [-0.3, -0.25) is 9.59 Å². The molecule has 2 fully saturated rings. The van der Waals surface area contributed by atoms with Crippen molar-refractivity contribution >= 4 is 79.8 Å². The zero-order valence-corrected chi connectivity index (χ0v) is 30.6. The van der Waals surface area contributed by atoms with Gasteiger partial charge in [0.05, 0.1) is 34.0 Å². The molecule has 2 amide bonds. The molecule has 248 valence electrons. The number of nitrogens with one attached hydrogen (secondary N) is 2. The Morgan fingerprint density at radius 2 is 1.09 bits per heavy atom. The van der Waals surface area contributed by atoms with E-state index in [9.17, 15) is 20.1 Å². The van der Waals surface area contributed by atoms with Crippen LogP contribution in [0.4, 0.5) is 11.4 Å². The molecule has 4 atom stereocenters. The Morgan fingerprint density at radius 1 is 0.723 bits per heavy atom. The van der Waals surface area contributed by atoms with Crippen LogP contribution in [0.15, 0.2) is 36.4 Å². The van der Waals surface area contributed by atoms with Gasteiger partial charge in [-0.1, -0.05) is 87.8 Å². The van der Waals surface area contributed by atoms with E-state index in [0.29, 0.717) is 52.6 Å². The smallest absolute Gasteiger partial charge is 0.234 e. The van der Waals surface area contributed by atoms with Crippen LogP contribution in [0.25, 0.3) is 0 Å². The molecule has 4 rings (SSSR count). The lowest BCUT2D eigenvalue weighted by molar-refractivity contribution is -0.114. The molecule has 2 aromatic rings. The van der Waals surface area contributed by atoms with Crippen LogP contribution >= 0.6 is 48.0 Å². The summed E-state index contributed by atoms with van der Waals surface area (Å²) in [4.78, 5) is 29.8. The van der Waals surface area contributed by atoms with Crippen molar-refractivity contribution in [1.29, 1.82) is 10.5 Å². The minimum Gasteiger partial charge on any atom is -0.357 e. The van der Waals surface area contributed by atoms with E-state index in [2.05, 4.69) is 60.3 Å². The molecule has 2 heterocycles. The van der Waals surface area contributed by atoms with E-state index in [-0.39, 0.29) is 23.3 Å². The van der Waals surface area contributed by atoms with Crippen LogP contribution in [0.3, 0.4) is 0 Å². The van der Waals surface area contributed by atoms with Crippen molar-refractivity contribution in [3.05, 3.63) is 58.7 Å². The average molecular weight is 707 g/mol. The van der Waals surface area contributed by atoms with Gasteiger partial charge in [-0.25, -0.2) is 0 Å². The van der Waals surface area contributed by atoms with Gasteiger partial charge in [0.25, 0.3) is 0 Å². The fourth-order valence-electron chi connectivity index (χ4n) is 6.48. The third kappa shape index (κ3) is 10.9. The first-order valence-electron chi connectivity index (χ1n) is 15.9. The van der Waals surface area contributed by atoms with Crippen molar-refractivity contribution in [3.8, 4) is 12.1 Å². The fraction of sp³-hybridized carbons (Fsp3) is 0.486. The van der Waals surface area contributed by atoms with Crippen molar-refractivity contribution in [2.75, 3.05) is 48.3 Å². The lowest BCUT2D eigenvalue weighted by Gasteiger charge is -2.36. The Hall–Kier alpha value is -3.16. The number of thiocarbonyl (C=S) groups is 2. The Balaban J connectivity index is 1.29. The molecular formula is C35H42N6O2S4. The maximum Gasteiger partial charge on any atom is 0.234 e. The van der Waals surface area contributed by atoms with Crippen LogP contribution in [0.2, 0.25) is 0 Å². The van der Waals surface area contributed by atoms with E-state index in [1.807, 2.05) is 12.1 Å². The Bertz CT molecular complexity index is 1450. The molecule has 0 unspecified atom stereocenters. The number of rotatable bonds is 8. The number of likely N-dealkylation sites (tertiary alicyclic amines) is 2. The number of hydrogen-bond acceptors (Lipinski definition) is 8. The third-order valence-electron chi connectivity index (χ3n) is 8.27. The Labute approximate surface area is 298 Å². The Morgan fingerprint density at radius 3 is 1.43 bits per heavy atom. The molecule has 0 aromatic heterocycles. The predicted molar refractivity (Wildman–Crippen MR) is 202 cm³/mol. The van der Waals surface area contributed by atoms with Crippen molar-refractivity contribution in [2.24, 2.45) is 23.7 Å². The summed E-state index contributed by atoms with van der Waals surface area (Å²) >= 11 is 13.9. The molecule has 2 saturated heterocycles. The monoisotopic (exact) mass is 706 g/mol. The van der Waals surface area contributed by atoms with Crippen LogP contribution in [0.1, 0.15) is 62.8 Å². The van der Waals surface area contributed by atoms with Gasteiger partial charge in [0, 0.05) is 26.2 Å². The molecule has 0 radical (unpaired) electrons. The second-order valence-corrected chi connectivity index (χ2v) is 16.3. The summed E-state index contributed by atoms with van der Waals surface area (Å²) in [7, 11) is 0. The van der Waals surface area contributed by atoms with Crippen LogP contribution in [-0.2, 0) is 16.0 Å². The minimum absolute atomic E-state index is 0.174. The summed E-state index contributed by atoms with van der Waals surface area (Å²) in [6.45, 7) is 12.6. The van der Waals surface area contributed by atoms with Gasteiger partial charge < -0.3 is 20.4 Å². The minimum atomic E-state index is -0.216. The summed E-state index contributed by atoms with van der Waals surface area (Å²) in [6.07, 6.45) is 2.85. The van der Waals surface area contributed by atoms with Crippen LogP contribution < -0.4 is 10.6 Å². The van der Waals surface area contributed by atoms with Crippen molar-refractivity contribution < 1.29 is 9.59 Å². The zero-order chi connectivity index (χ0) is 34.1. The SMILES string of the molecule is C[C@@H]1C[C@H](C)CN(C(=S)SCC(=O)Nc2ccc(Cc3ccc(NC(=O)CSC(=S)N4C[C@H](C)C[C@H](C)C4)c(C#N)c3)cc2C#N)C1. The van der Waals surface area contributed by atoms with Crippen LogP contribution in [0, 0.1) is 46.3 Å². The number of carbonyl (C=O) groups is 2. The number of anilines is 2. The number of hydrogen-bond donors (Lipinski definition) is 2. The van der Waals surface area contributed by atoms with Gasteiger partial charge in [-0.2, -0.15) is 10.5 Å². The summed E-state index contributed by atoms with van der Waals surface area (Å²) in [6, 6.07) is 15.0. The molecule has 2 N–H and O–H groups in total. The Kier molecular flexibility index (Phi) is 13.5. The number of carbonyl (C=O) groups excluding carboxylic acids is 2. The van der Waals surface area contributed by atoms with E-state index < -0.39 is 0 Å². The predicted octanol–water partition coefficient (Wildman–Crippen LogP) is 6.89. The van der Waals surface area contributed by atoms with Gasteiger partial charge in [0.1, 0.15) is 20.8 Å². The van der Waals surface area contributed by atoms with Crippen molar-refractivity contribution in [2.45, 2.75) is 47.0 Å². The molecule has 2 aromatic carbocycles. The third-order valence-corrected chi connectivity index (χ3v) is 11.3. The maximum atomic E-state index is 12.7. The quantitative estimate of drug-likeness (QED) is 0.282.